The number of hydrogen-bond donors (Lipinski definition) is 1. The fourth-order valence-electron chi connectivity index (χ4n) is 5.27. The van der Waals surface area contributed by atoms with Gasteiger partial charge in [0.2, 0.25) is 0 Å². The molecule has 1 N–H and O–H groups in total. The molecule has 0 bridgehead atoms. The molecule has 5 rings (SSSR count). The number of piperazine rings is 1. The van der Waals surface area contributed by atoms with Gasteiger partial charge in [0.15, 0.2) is 0 Å². The Balaban J connectivity index is 1.37. The fraction of sp³-hybridized carbons (Fsp3) is 0.357. The van der Waals surface area contributed by atoms with Gasteiger partial charge in [-0.05, 0) is 55.2 Å². The zero-order valence-corrected chi connectivity index (χ0v) is 22.7. The van der Waals surface area contributed by atoms with Crippen LogP contribution in [0.1, 0.15) is 36.6 Å². The average Bonchev–Trinajstić information content (AvgIpc) is 3.34. The van der Waals surface area contributed by atoms with E-state index in [1.54, 1.807) is 13.0 Å². The van der Waals surface area contributed by atoms with Crippen molar-refractivity contribution in [3.8, 4) is 0 Å². The van der Waals surface area contributed by atoms with E-state index < -0.39 is 16.8 Å². The Morgan fingerprint density at radius 1 is 1.21 bits per heavy atom. The summed E-state index contributed by atoms with van der Waals surface area (Å²) in [6.07, 6.45) is 0.671. The molecule has 11 heteroatoms. The lowest BCUT2D eigenvalue weighted by atomic mass is 9.81. The van der Waals surface area contributed by atoms with Gasteiger partial charge in [-0.25, -0.2) is 9.18 Å². The molecule has 1 unspecified atom stereocenters. The Bertz CT molecular complexity index is 1400. The van der Waals surface area contributed by atoms with Crippen molar-refractivity contribution in [3.05, 3.63) is 92.6 Å². The van der Waals surface area contributed by atoms with Gasteiger partial charge in [0.05, 0.1) is 22.8 Å². The zero-order valence-electron chi connectivity index (χ0n) is 21.9. The maximum Gasteiger partial charge on any atom is 0.336 e. The summed E-state index contributed by atoms with van der Waals surface area (Å²) in [5.41, 5.74) is 4.49. The standard InChI is InChI=1S/C28H30FN5O4S/c1-3-38-28(35)24-18(2)30-27-26(25(24)19-5-4-6-22(17-19)34(36)37)23(31-39-27)11-12-32-13-15-33(16-14-32)21-9-7-20(29)8-10-21/h4-10,17,25,30H,3,11-16H2,1-2H3. The summed E-state index contributed by atoms with van der Waals surface area (Å²) in [6.45, 7) is 7.99. The molecule has 39 heavy (non-hydrogen) atoms. The van der Waals surface area contributed by atoms with Crippen LogP contribution in [0.25, 0.3) is 0 Å². The van der Waals surface area contributed by atoms with Gasteiger partial charge in [-0.1, -0.05) is 12.1 Å². The first-order valence-corrected chi connectivity index (χ1v) is 13.7. The van der Waals surface area contributed by atoms with Gasteiger partial charge in [-0.3, -0.25) is 15.0 Å². The van der Waals surface area contributed by atoms with Crippen LogP contribution in [0.15, 0.2) is 59.8 Å². The lowest BCUT2D eigenvalue weighted by Crippen LogP contribution is -2.47. The highest BCUT2D eigenvalue weighted by Crippen LogP contribution is 2.46. The second-order valence-corrected chi connectivity index (χ2v) is 10.4. The minimum atomic E-state index is -0.524. The average molecular weight is 552 g/mol. The van der Waals surface area contributed by atoms with E-state index >= 15 is 0 Å². The van der Waals surface area contributed by atoms with Crippen LogP contribution in [0.5, 0.6) is 0 Å². The number of rotatable bonds is 8. The van der Waals surface area contributed by atoms with Crippen LogP contribution in [0.4, 0.5) is 20.8 Å². The van der Waals surface area contributed by atoms with Gasteiger partial charge in [-0.15, -0.1) is 0 Å². The molecular weight excluding hydrogens is 521 g/mol. The first-order valence-electron chi connectivity index (χ1n) is 13.0. The summed E-state index contributed by atoms with van der Waals surface area (Å²) in [6, 6.07) is 13.0. The van der Waals surface area contributed by atoms with E-state index in [-0.39, 0.29) is 18.1 Å². The second-order valence-electron chi connectivity index (χ2n) is 9.60. The maximum absolute atomic E-state index is 13.3. The molecule has 9 nitrogen and oxygen atoms in total. The van der Waals surface area contributed by atoms with Crippen LogP contribution in [0, 0.1) is 15.9 Å². The Hall–Kier alpha value is -3.83. The number of nitro groups is 1. The Morgan fingerprint density at radius 3 is 2.64 bits per heavy atom. The van der Waals surface area contributed by atoms with E-state index in [1.807, 2.05) is 25.1 Å². The molecule has 1 aromatic heterocycles. The van der Waals surface area contributed by atoms with Crippen molar-refractivity contribution in [2.75, 3.05) is 49.5 Å². The predicted molar refractivity (Wildman–Crippen MR) is 149 cm³/mol. The van der Waals surface area contributed by atoms with Crippen molar-refractivity contribution in [1.82, 2.24) is 9.27 Å². The van der Waals surface area contributed by atoms with E-state index in [4.69, 9.17) is 9.11 Å². The number of benzene rings is 2. The van der Waals surface area contributed by atoms with Crippen molar-refractivity contribution in [2.24, 2.45) is 0 Å². The smallest absolute Gasteiger partial charge is 0.336 e. The number of hydrogen-bond acceptors (Lipinski definition) is 9. The number of carbonyl (C=O) groups is 1. The van der Waals surface area contributed by atoms with Crippen LogP contribution < -0.4 is 10.2 Å². The maximum atomic E-state index is 13.3. The highest BCUT2D eigenvalue weighted by atomic mass is 32.1. The molecule has 1 saturated heterocycles. The Labute approximate surface area is 230 Å². The van der Waals surface area contributed by atoms with Gasteiger partial charge >= 0.3 is 5.97 Å². The summed E-state index contributed by atoms with van der Waals surface area (Å²) < 4.78 is 23.4. The number of carbonyl (C=O) groups excluding carboxylic acids is 1. The predicted octanol–water partition coefficient (Wildman–Crippen LogP) is 4.95. The fourth-order valence-corrected chi connectivity index (χ4v) is 6.20. The number of nitrogens with one attached hydrogen (secondary N) is 1. The Morgan fingerprint density at radius 2 is 1.95 bits per heavy atom. The topological polar surface area (TPSA) is 101 Å². The van der Waals surface area contributed by atoms with E-state index in [9.17, 15) is 19.3 Å². The van der Waals surface area contributed by atoms with Crippen molar-refractivity contribution < 1.29 is 18.8 Å². The highest BCUT2D eigenvalue weighted by Gasteiger charge is 2.37. The number of nitro benzene ring substituents is 1. The summed E-state index contributed by atoms with van der Waals surface area (Å²) in [5, 5.41) is 15.7. The zero-order chi connectivity index (χ0) is 27.5. The first kappa shape index (κ1) is 26.8. The minimum absolute atomic E-state index is 0.0304. The lowest BCUT2D eigenvalue weighted by Gasteiger charge is -2.36. The van der Waals surface area contributed by atoms with Crippen LogP contribution in [0.3, 0.4) is 0 Å². The van der Waals surface area contributed by atoms with Gasteiger partial charge in [-0.2, -0.15) is 4.37 Å². The van der Waals surface area contributed by atoms with Gasteiger partial charge < -0.3 is 15.0 Å². The van der Waals surface area contributed by atoms with Crippen molar-refractivity contribution in [2.45, 2.75) is 26.2 Å². The number of allylic oxidation sites excluding steroid dienone is 1. The number of ether oxygens (including phenoxy) is 1. The molecule has 204 valence electrons. The molecule has 0 aliphatic carbocycles. The quantitative estimate of drug-likeness (QED) is 0.239. The third kappa shape index (κ3) is 5.64. The Kier molecular flexibility index (Phi) is 7.89. The van der Waals surface area contributed by atoms with E-state index in [0.717, 1.165) is 54.7 Å². The minimum Gasteiger partial charge on any atom is -0.463 e. The van der Waals surface area contributed by atoms with Gasteiger partial charge in [0.25, 0.3) is 5.69 Å². The van der Waals surface area contributed by atoms with Gasteiger partial charge in [0, 0.05) is 74.1 Å². The van der Waals surface area contributed by atoms with Crippen LogP contribution in [-0.2, 0) is 16.0 Å². The number of aromatic nitrogens is 1. The number of non-ortho nitro benzene ring substituents is 1. The molecule has 2 aromatic carbocycles. The SMILES string of the molecule is CCOC(=O)C1=C(C)Nc2snc(CCN3CCN(c4ccc(F)cc4)CC3)c2C1c1cccc([N+](=O)[O-])c1. The largest absolute Gasteiger partial charge is 0.463 e. The molecule has 0 spiro atoms. The number of fused-ring (bicyclic) bond motifs is 1. The molecule has 0 amide bonds. The van der Waals surface area contributed by atoms with E-state index in [0.29, 0.717) is 23.3 Å². The first-order chi connectivity index (χ1) is 18.9. The van der Waals surface area contributed by atoms with Crippen LogP contribution >= 0.6 is 11.5 Å². The van der Waals surface area contributed by atoms with E-state index in [2.05, 4.69) is 15.1 Å². The van der Waals surface area contributed by atoms with Crippen molar-refractivity contribution in [1.29, 1.82) is 0 Å². The lowest BCUT2D eigenvalue weighted by molar-refractivity contribution is -0.384. The summed E-state index contributed by atoms with van der Waals surface area (Å²) in [7, 11) is 0. The van der Waals surface area contributed by atoms with Crippen LogP contribution in [0.2, 0.25) is 0 Å². The number of esters is 1. The van der Waals surface area contributed by atoms with E-state index in [1.165, 1.54) is 35.8 Å². The molecule has 0 radical (unpaired) electrons. The highest BCUT2D eigenvalue weighted by molar-refractivity contribution is 7.10. The normalized spacial score (nSPS) is 17.5. The summed E-state index contributed by atoms with van der Waals surface area (Å²) >= 11 is 1.34. The van der Waals surface area contributed by atoms with Gasteiger partial charge in [0.1, 0.15) is 10.8 Å². The molecule has 2 aliphatic heterocycles. The third-order valence-electron chi connectivity index (χ3n) is 7.22. The molecule has 3 aromatic rings. The third-order valence-corrected chi connectivity index (χ3v) is 8.04. The molecule has 0 saturated carbocycles. The number of anilines is 2. The monoisotopic (exact) mass is 551 g/mol. The molecule has 2 aliphatic rings. The molecule has 1 fully saturated rings. The summed E-state index contributed by atoms with van der Waals surface area (Å²) in [5.74, 6) is -1.21. The van der Waals surface area contributed by atoms with Crippen LogP contribution in [-0.4, -0.2) is 59.5 Å². The number of halogens is 1. The summed E-state index contributed by atoms with van der Waals surface area (Å²) in [4.78, 5) is 28.9. The van der Waals surface area contributed by atoms with Crippen molar-refractivity contribution in [3.63, 3.8) is 0 Å². The van der Waals surface area contributed by atoms with Crippen molar-refractivity contribution >= 4 is 33.9 Å². The molecular formula is C28H30FN5O4S. The second kappa shape index (κ2) is 11.5. The molecule has 3 heterocycles. The number of nitrogens with zero attached hydrogens (tertiary/aromatic N) is 4. The molecule has 1 atom stereocenters.